The quantitative estimate of drug-likeness (QED) is 0.438. The summed E-state index contributed by atoms with van der Waals surface area (Å²) in [5.74, 6) is -3.23. The first kappa shape index (κ1) is 18.8. The van der Waals surface area contributed by atoms with Gasteiger partial charge in [0.15, 0.2) is 0 Å². The molecule has 0 aliphatic heterocycles. The Morgan fingerprint density at radius 2 is 1.33 bits per heavy atom. The number of halogens is 3. The van der Waals surface area contributed by atoms with Gasteiger partial charge in [0.2, 0.25) is 0 Å². The average Bonchev–Trinajstić information content (AvgIpc) is 2.36. The summed E-state index contributed by atoms with van der Waals surface area (Å²) < 4.78 is 0.571. The van der Waals surface area contributed by atoms with Crippen molar-refractivity contribution in [2.75, 3.05) is 18.6 Å². The van der Waals surface area contributed by atoms with Crippen molar-refractivity contribution in [2.24, 2.45) is 0 Å². The fraction of sp³-hybridized carbons (Fsp3) is 0.182. The fourth-order valence-corrected chi connectivity index (χ4v) is 6.36. The number of carboxylic acid groups (broad SMARTS) is 2. The van der Waals surface area contributed by atoms with Gasteiger partial charge in [-0.05, 0) is 67.8 Å². The molecule has 114 valence electrons. The SMILES string of the molecule is CN(C(=O)CO)c1c(I)c(C(=O)O)c(I)c(C(=O)O)c1I. The molecule has 0 aliphatic rings. The lowest BCUT2D eigenvalue weighted by atomic mass is 10.1. The summed E-state index contributed by atoms with van der Waals surface area (Å²) in [5, 5.41) is 27.5. The highest BCUT2D eigenvalue weighted by molar-refractivity contribution is 14.1. The summed E-state index contributed by atoms with van der Waals surface area (Å²) in [7, 11) is 1.35. The van der Waals surface area contributed by atoms with Crippen molar-refractivity contribution >= 4 is 91.3 Å². The number of aliphatic hydroxyl groups is 1. The van der Waals surface area contributed by atoms with Crippen LogP contribution in [0.5, 0.6) is 0 Å². The van der Waals surface area contributed by atoms with Crippen LogP contribution in [0.1, 0.15) is 20.7 Å². The Morgan fingerprint density at radius 3 is 1.62 bits per heavy atom. The largest absolute Gasteiger partial charge is 0.478 e. The van der Waals surface area contributed by atoms with Crippen molar-refractivity contribution in [1.82, 2.24) is 0 Å². The predicted molar refractivity (Wildman–Crippen MR) is 99.0 cm³/mol. The molecule has 0 heterocycles. The Hall–Kier alpha value is -0.220. The number of benzene rings is 1. The normalized spacial score (nSPS) is 10.3. The zero-order valence-corrected chi connectivity index (χ0v) is 16.8. The number of likely N-dealkylation sites (N-methyl/N-ethyl adjacent to an activating group) is 1. The van der Waals surface area contributed by atoms with Gasteiger partial charge in [-0.2, -0.15) is 0 Å². The van der Waals surface area contributed by atoms with E-state index in [2.05, 4.69) is 0 Å². The highest BCUT2D eigenvalue weighted by Gasteiger charge is 2.30. The van der Waals surface area contributed by atoms with E-state index in [4.69, 9.17) is 5.11 Å². The van der Waals surface area contributed by atoms with Crippen LogP contribution in [0, 0.1) is 10.7 Å². The molecule has 0 aliphatic carbocycles. The highest BCUT2D eigenvalue weighted by atomic mass is 127. The average molecular weight is 631 g/mol. The lowest BCUT2D eigenvalue weighted by Crippen LogP contribution is -2.31. The molecule has 0 saturated heterocycles. The van der Waals surface area contributed by atoms with Gasteiger partial charge in [0.05, 0.1) is 24.0 Å². The molecule has 1 amide bonds. The van der Waals surface area contributed by atoms with Gasteiger partial charge in [-0.15, -0.1) is 0 Å². The molecule has 21 heavy (non-hydrogen) atoms. The summed E-state index contributed by atoms with van der Waals surface area (Å²) in [6.07, 6.45) is 0. The van der Waals surface area contributed by atoms with Gasteiger partial charge in [0, 0.05) is 10.6 Å². The van der Waals surface area contributed by atoms with Crippen LogP contribution in [0.3, 0.4) is 0 Å². The van der Waals surface area contributed by atoms with Gasteiger partial charge < -0.3 is 20.2 Å². The fourth-order valence-electron chi connectivity index (χ4n) is 1.55. The highest BCUT2D eigenvalue weighted by Crippen LogP contribution is 2.37. The van der Waals surface area contributed by atoms with Crippen molar-refractivity contribution in [3.8, 4) is 0 Å². The number of anilines is 1. The second-order valence-electron chi connectivity index (χ2n) is 3.76. The van der Waals surface area contributed by atoms with E-state index in [1.165, 1.54) is 7.05 Å². The Morgan fingerprint density at radius 1 is 0.952 bits per heavy atom. The van der Waals surface area contributed by atoms with Crippen LogP contribution in [-0.2, 0) is 4.79 Å². The van der Waals surface area contributed by atoms with Crippen LogP contribution in [0.15, 0.2) is 0 Å². The summed E-state index contributed by atoms with van der Waals surface area (Å²) in [6.45, 7) is -0.764. The molecule has 0 aromatic heterocycles. The second kappa shape index (κ2) is 7.36. The van der Waals surface area contributed by atoms with Crippen LogP contribution < -0.4 is 4.90 Å². The second-order valence-corrected chi connectivity index (χ2v) is 7.00. The first-order valence-corrected chi connectivity index (χ1v) is 8.43. The number of hydrogen-bond donors (Lipinski definition) is 3. The summed E-state index contributed by atoms with van der Waals surface area (Å²) >= 11 is 5.17. The zero-order chi connectivity index (χ0) is 16.5. The number of carbonyl (C=O) groups is 3. The summed E-state index contributed by atoms with van der Waals surface area (Å²) in [4.78, 5) is 35.5. The number of hydrogen-bond acceptors (Lipinski definition) is 4. The molecular formula is C11H8I3NO6. The lowest BCUT2D eigenvalue weighted by molar-refractivity contribution is -0.121. The van der Waals surface area contributed by atoms with Gasteiger partial charge in [-0.1, -0.05) is 0 Å². The molecule has 7 nitrogen and oxygen atoms in total. The number of rotatable bonds is 4. The number of amides is 1. The number of aromatic carboxylic acids is 2. The monoisotopic (exact) mass is 631 g/mol. The Labute approximate surface area is 160 Å². The minimum Gasteiger partial charge on any atom is -0.478 e. The Bertz CT molecular complexity index is 604. The lowest BCUT2D eigenvalue weighted by Gasteiger charge is -2.23. The maximum Gasteiger partial charge on any atom is 0.337 e. The first-order chi connectivity index (χ1) is 9.64. The molecule has 1 aromatic rings. The third kappa shape index (κ3) is 3.58. The Kier molecular flexibility index (Phi) is 6.60. The minimum absolute atomic E-state index is 0.0926. The maximum absolute atomic E-state index is 11.6. The number of carbonyl (C=O) groups excluding carboxylic acids is 1. The van der Waals surface area contributed by atoms with Crippen LogP contribution >= 0.6 is 67.8 Å². The van der Waals surface area contributed by atoms with Crippen LogP contribution in [0.2, 0.25) is 0 Å². The smallest absolute Gasteiger partial charge is 0.337 e. The molecule has 0 unspecified atom stereocenters. The molecule has 10 heteroatoms. The third-order valence-corrected chi connectivity index (χ3v) is 5.75. The van der Waals surface area contributed by atoms with Crippen LogP contribution in [0.4, 0.5) is 5.69 Å². The molecule has 1 rings (SSSR count). The van der Waals surface area contributed by atoms with E-state index in [9.17, 15) is 24.6 Å². The molecule has 1 aromatic carbocycles. The number of carboxylic acids is 2. The summed E-state index contributed by atoms with van der Waals surface area (Å²) in [6, 6.07) is 0. The molecule has 0 saturated carbocycles. The van der Waals surface area contributed by atoms with Crippen molar-refractivity contribution in [3.63, 3.8) is 0 Å². The van der Waals surface area contributed by atoms with E-state index in [0.29, 0.717) is 0 Å². The molecule has 0 atom stereocenters. The third-order valence-electron chi connectivity index (χ3n) is 2.57. The first-order valence-electron chi connectivity index (χ1n) is 5.19. The van der Waals surface area contributed by atoms with Crippen molar-refractivity contribution < 1.29 is 29.7 Å². The van der Waals surface area contributed by atoms with Gasteiger partial charge in [-0.25, -0.2) is 9.59 Å². The molecule has 0 bridgehead atoms. The van der Waals surface area contributed by atoms with E-state index in [1.54, 1.807) is 67.8 Å². The van der Waals surface area contributed by atoms with Gasteiger partial charge >= 0.3 is 11.9 Å². The van der Waals surface area contributed by atoms with Gasteiger partial charge in [0.1, 0.15) is 6.61 Å². The zero-order valence-electron chi connectivity index (χ0n) is 10.4. The van der Waals surface area contributed by atoms with Crippen LogP contribution in [-0.4, -0.2) is 46.8 Å². The Balaban J connectivity index is 3.84. The number of nitrogens with zero attached hydrogens (tertiary/aromatic N) is 1. The summed E-state index contributed by atoms with van der Waals surface area (Å²) in [5.41, 5.74) is -0.200. The molecule has 0 fully saturated rings. The van der Waals surface area contributed by atoms with E-state index in [0.717, 1.165) is 4.90 Å². The topological polar surface area (TPSA) is 115 Å². The maximum atomic E-state index is 11.6. The minimum atomic E-state index is -1.28. The van der Waals surface area contributed by atoms with E-state index in [1.807, 2.05) is 0 Å². The van der Waals surface area contributed by atoms with Crippen molar-refractivity contribution in [2.45, 2.75) is 0 Å². The van der Waals surface area contributed by atoms with Crippen LogP contribution in [0.25, 0.3) is 0 Å². The molecular weight excluding hydrogens is 623 g/mol. The number of aliphatic hydroxyl groups excluding tert-OH is 1. The van der Waals surface area contributed by atoms with Crippen molar-refractivity contribution in [1.29, 1.82) is 0 Å². The van der Waals surface area contributed by atoms with Crippen molar-refractivity contribution in [3.05, 3.63) is 21.8 Å². The van der Waals surface area contributed by atoms with E-state index < -0.39 is 24.5 Å². The molecule has 3 N–H and O–H groups in total. The standard InChI is InChI=1S/C11H8I3NO6/c1-15(3(17)2-16)9-7(13)4(10(18)19)6(12)5(8(9)14)11(20)21/h16H,2H2,1H3,(H,18,19)(H,20,21). The molecule has 0 spiro atoms. The van der Waals surface area contributed by atoms with E-state index >= 15 is 0 Å². The van der Waals surface area contributed by atoms with E-state index in [-0.39, 0.29) is 27.5 Å². The van der Waals surface area contributed by atoms with Gasteiger partial charge in [-0.3, -0.25) is 4.79 Å². The molecule has 0 radical (unpaired) electrons. The van der Waals surface area contributed by atoms with Gasteiger partial charge in [0.25, 0.3) is 5.91 Å². The predicted octanol–water partition coefficient (Wildman–Crippen LogP) is 1.85.